The summed E-state index contributed by atoms with van der Waals surface area (Å²) in [6, 6.07) is 7.82. The van der Waals surface area contributed by atoms with Gasteiger partial charge in [-0.05, 0) is 49.3 Å². The highest BCUT2D eigenvalue weighted by Gasteiger charge is 2.51. The smallest absolute Gasteiger partial charge is 0.253 e. The third-order valence-corrected chi connectivity index (χ3v) is 7.13. The molecule has 2 N–H and O–H groups in total. The van der Waals surface area contributed by atoms with Gasteiger partial charge in [-0.15, -0.1) is 0 Å². The molecule has 154 valence electrons. The summed E-state index contributed by atoms with van der Waals surface area (Å²) in [7, 11) is 0. The second-order valence-electron chi connectivity index (χ2n) is 8.85. The summed E-state index contributed by atoms with van der Waals surface area (Å²) in [6.07, 6.45) is 7.95. The van der Waals surface area contributed by atoms with Crippen LogP contribution in [0.15, 0.2) is 36.8 Å². The standard InChI is InChI=1S/C23H25N5O2/c29-21(17-4-1-15-5-9-24-19(15)13-17)27-11-7-23(8-12-27)20-18(25-14-26-20)6-10-28(23)22(30)16-2-3-16/h1,4-5,9,13-14,16,24H,2-3,6-8,10-12H2,(H,25,26). The number of aromatic amines is 2. The molecule has 2 aliphatic heterocycles. The number of carbonyl (C=O) groups excluding carboxylic acids is 2. The van der Waals surface area contributed by atoms with Crippen LogP contribution < -0.4 is 0 Å². The fraction of sp³-hybridized carbons (Fsp3) is 0.435. The van der Waals surface area contributed by atoms with E-state index in [2.05, 4.69) is 19.9 Å². The Labute approximate surface area is 174 Å². The van der Waals surface area contributed by atoms with Crippen LogP contribution in [0.25, 0.3) is 10.9 Å². The minimum atomic E-state index is -0.382. The first kappa shape index (κ1) is 17.7. The molecule has 1 saturated heterocycles. The molecule has 1 aliphatic carbocycles. The Hall–Kier alpha value is -3.09. The average molecular weight is 403 g/mol. The molecule has 2 amide bonds. The van der Waals surface area contributed by atoms with Gasteiger partial charge in [-0.3, -0.25) is 9.59 Å². The van der Waals surface area contributed by atoms with Crippen molar-refractivity contribution in [3.05, 3.63) is 53.7 Å². The highest BCUT2D eigenvalue weighted by molar-refractivity contribution is 5.98. The molecule has 2 fully saturated rings. The Bertz CT molecular complexity index is 1130. The first-order valence-corrected chi connectivity index (χ1v) is 10.9. The van der Waals surface area contributed by atoms with E-state index in [9.17, 15) is 9.59 Å². The molecule has 0 bridgehead atoms. The number of piperidine rings is 1. The van der Waals surface area contributed by atoms with Gasteiger partial charge in [0.2, 0.25) is 5.91 Å². The third-order valence-electron chi connectivity index (χ3n) is 7.13. The summed E-state index contributed by atoms with van der Waals surface area (Å²) in [5, 5.41) is 1.10. The van der Waals surface area contributed by atoms with E-state index in [1.54, 1.807) is 6.33 Å². The van der Waals surface area contributed by atoms with E-state index in [0.717, 1.165) is 60.9 Å². The summed E-state index contributed by atoms with van der Waals surface area (Å²) in [6.45, 7) is 1.99. The van der Waals surface area contributed by atoms with Crippen LogP contribution in [0.3, 0.4) is 0 Å². The topological polar surface area (TPSA) is 85.1 Å². The Morgan fingerprint density at radius 1 is 1.07 bits per heavy atom. The lowest BCUT2D eigenvalue weighted by Crippen LogP contribution is -2.59. The van der Waals surface area contributed by atoms with Crippen LogP contribution in [0.4, 0.5) is 0 Å². The van der Waals surface area contributed by atoms with Crippen LogP contribution in [0, 0.1) is 5.92 Å². The Morgan fingerprint density at radius 2 is 1.90 bits per heavy atom. The largest absolute Gasteiger partial charge is 0.361 e. The van der Waals surface area contributed by atoms with Crippen molar-refractivity contribution in [3.8, 4) is 0 Å². The Kier molecular flexibility index (Phi) is 3.82. The molecular weight excluding hydrogens is 378 g/mol. The maximum absolute atomic E-state index is 13.2. The van der Waals surface area contributed by atoms with Gasteiger partial charge in [-0.1, -0.05) is 6.07 Å². The van der Waals surface area contributed by atoms with E-state index in [0.29, 0.717) is 18.7 Å². The first-order valence-electron chi connectivity index (χ1n) is 10.9. The minimum Gasteiger partial charge on any atom is -0.361 e. The lowest BCUT2D eigenvalue weighted by atomic mass is 9.78. The molecule has 2 aromatic heterocycles. The van der Waals surface area contributed by atoms with E-state index >= 15 is 0 Å². The van der Waals surface area contributed by atoms with Crippen molar-refractivity contribution in [3.63, 3.8) is 0 Å². The molecule has 3 aromatic rings. The molecule has 3 aliphatic rings. The number of hydrogen-bond donors (Lipinski definition) is 2. The van der Waals surface area contributed by atoms with Crippen molar-refractivity contribution in [1.29, 1.82) is 0 Å². The highest BCUT2D eigenvalue weighted by Crippen LogP contribution is 2.45. The fourth-order valence-electron chi connectivity index (χ4n) is 5.30. The Balaban J connectivity index is 1.27. The number of fused-ring (bicyclic) bond motifs is 3. The van der Waals surface area contributed by atoms with Crippen molar-refractivity contribution in [2.75, 3.05) is 19.6 Å². The molecule has 30 heavy (non-hydrogen) atoms. The monoisotopic (exact) mass is 403 g/mol. The summed E-state index contributed by atoms with van der Waals surface area (Å²) in [5.41, 5.74) is 3.46. The highest BCUT2D eigenvalue weighted by atomic mass is 16.2. The van der Waals surface area contributed by atoms with E-state index < -0.39 is 0 Å². The zero-order valence-electron chi connectivity index (χ0n) is 16.9. The maximum Gasteiger partial charge on any atom is 0.253 e. The van der Waals surface area contributed by atoms with E-state index in [4.69, 9.17) is 0 Å². The number of nitrogens with zero attached hydrogens (tertiary/aromatic N) is 3. The van der Waals surface area contributed by atoms with Crippen LogP contribution in [-0.2, 0) is 16.8 Å². The zero-order chi connectivity index (χ0) is 20.3. The molecule has 4 heterocycles. The molecule has 0 unspecified atom stereocenters. The summed E-state index contributed by atoms with van der Waals surface area (Å²) in [5.74, 6) is 0.523. The number of rotatable bonds is 2. The third kappa shape index (κ3) is 2.61. The van der Waals surface area contributed by atoms with Gasteiger partial charge in [0.25, 0.3) is 5.91 Å². The number of carbonyl (C=O) groups is 2. The van der Waals surface area contributed by atoms with Crippen LogP contribution in [0.5, 0.6) is 0 Å². The summed E-state index contributed by atoms with van der Waals surface area (Å²) >= 11 is 0. The molecule has 1 saturated carbocycles. The number of likely N-dealkylation sites (tertiary alicyclic amines) is 1. The van der Waals surface area contributed by atoms with Crippen LogP contribution in [0.2, 0.25) is 0 Å². The molecule has 1 spiro atoms. The number of amides is 2. The van der Waals surface area contributed by atoms with Crippen molar-refractivity contribution in [1.82, 2.24) is 24.8 Å². The SMILES string of the molecule is O=C(c1ccc2cc[nH]c2c1)N1CCC2(CC1)c1nc[nH]c1CCN2C(=O)C1CC1. The van der Waals surface area contributed by atoms with Gasteiger partial charge < -0.3 is 19.8 Å². The average Bonchev–Trinajstić information content (AvgIpc) is 3.31. The van der Waals surface area contributed by atoms with Crippen molar-refractivity contribution in [2.24, 2.45) is 5.92 Å². The van der Waals surface area contributed by atoms with Gasteiger partial charge in [0.1, 0.15) is 0 Å². The molecule has 0 radical (unpaired) electrons. The molecular formula is C23H25N5O2. The lowest BCUT2D eigenvalue weighted by molar-refractivity contribution is -0.143. The molecule has 7 heteroatoms. The minimum absolute atomic E-state index is 0.0551. The van der Waals surface area contributed by atoms with Crippen LogP contribution in [0.1, 0.15) is 47.4 Å². The van der Waals surface area contributed by atoms with Gasteiger partial charge in [-0.2, -0.15) is 0 Å². The second-order valence-corrected chi connectivity index (χ2v) is 8.85. The van der Waals surface area contributed by atoms with Crippen molar-refractivity contribution < 1.29 is 9.59 Å². The number of imidazole rings is 1. The van der Waals surface area contributed by atoms with Crippen LogP contribution in [-0.4, -0.2) is 56.2 Å². The summed E-state index contributed by atoms with van der Waals surface area (Å²) in [4.78, 5) is 41.4. The fourth-order valence-corrected chi connectivity index (χ4v) is 5.30. The number of hydrogen-bond acceptors (Lipinski definition) is 3. The van der Waals surface area contributed by atoms with E-state index in [1.807, 2.05) is 35.4 Å². The van der Waals surface area contributed by atoms with Gasteiger partial charge >= 0.3 is 0 Å². The first-order chi connectivity index (χ1) is 14.7. The molecule has 7 nitrogen and oxygen atoms in total. The maximum atomic E-state index is 13.2. The molecule has 1 aromatic carbocycles. The van der Waals surface area contributed by atoms with Gasteiger partial charge in [-0.25, -0.2) is 4.98 Å². The molecule has 0 atom stereocenters. The molecule has 6 rings (SSSR count). The Morgan fingerprint density at radius 3 is 2.70 bits per heavy atom. The van der Waals surface area contributed by atoms with Gasteiger partial charge in [0.15, 0.2) is 0 Å². The normalized spacial score (nSPS) is 20.5. The number of benzene rings is 1. The van der Waals surface area contributed by atoms with E-state index in [-0.39, 0.29) is 23.3 Å². The summed E-state index contributed by atoms with van der Waals surface area (Å²) < 4.78 is 0. The zero-order valence-corrected chi connectivity index (χ0v) is 16.9. The van der Waals surface area contributed by atoms with Crippen molar-refractivity contribution >= 4 is 22.7 Å². The predicted octanol–water partition coefficient (Wildman–Crippen LogP) is 2.82. The quantitative estimate of drug-likeness (QED) is 0.690. The second kappa shape index (κ2) is 6.45. The van der Waals surface area contributed by atoms with Crippen molar-refractivity contribution in [2.45, 2.75) is 37.6 Å². The van der Waals surface area contributed by atoms with Gasteiger partial charge in [0.05, 0.1) is 17.6 Å². The van der Waals surface area contributed by atoms with Crippen LogP contribution >= 0.6 is 0 Å². The number of nitrogens with one attached hydrogen (secondary N) is 2. The van der Waals surface area contributed by atoms with Gasteiger partial charge in [0, 0.05) is 54.9 Å². The number of H-pyrrole nitrogens is 2. The number of aromatic nitrogens is 3. The predicted molar refractivity (Wildman–Crippen MR) is 112 cm³/mol. The lowest BCUT2D eigenvalue weighted by Gasteiger charge is -2.50. The van der Waals surface area contributed by atoms with E-state index in [1.165, 1.54) is 0 Å².